The predicted molar refractivity (Wildman–Crippen MR) is 65.0 cm³/mol. The third-order valence-electron chi connectivity index (χ3n) is 2.69. The summed E-state index contributed by atoms with van der Waals surface area (Å²) in [6.45, 7) is 0.172. The van der Waals surface area contributed by atoms with Crippen LogP contribution >= 0.6 is 0 Å². The number of aliphatic hydroxyl groups is 1. The molecule has 1 amide bonds. The molecule has 0 saturated carbocycles. The number of nitrogens with one attached hydrogen (secondary N) is 1. The number of carbonyl (C=O) groups is 1. The first-order valence-corrected chi connectivity index (χ1v) is 5.58. The summed E-state index contributed by atoms with van der Waals surface area (Å²) in [6.07, 6.45) is 0.0860. The molecule has 6 nitrogen and oxygen atoms in total. The molecule has 0 saturated heterocycles. The van der Waals surface area contributed by atoms with Crippen LogP contribution in [0.3, 0.4) is 0 Å². The number of oxazole rings is 1. The number of amides is 1. The van der Waals surface area contributed by atoms with Gasteiger partial charge in [-0.15, -0.1) is 0 Å². The van der Waals surface area contributed by atoms with Crippen LogP contribution < -0.4 is 11.1 Å². The van der Waals surface area contributed by atoms with Gasteiger partial charge in [0.25, 0.3) is 0 Å². The molecule has 0 fully saturated rings. The van der Waals surface area contributed by atoms with Crippen molar-refractivity contribution in [2.75, 3.05) is 6.61 Å². The Balaban J connectivity index is 2.15. The highest BCUT2D eigenvalue weighted by Gasteiger charge is 2.07. The first-order chi connectivity index (χ1) is 8.61. The van der Waals surface area contributed by atoms with Crippen LogP contribution in [0.25, 0.3) is 11.1 Å². The number of aliphatic hydroxyl groups excluding tert-OH is 1. The van der Waals surface area contributed by atoms with Crippen LogP contribution in [-0.2, 0) is 18.4 Å². The Morgan fingerprint density at radius 2 is 2.28 bits per heavy atom. The first-order valence-electron chi connectivity index (χ1n) is 5.58. The molecular weight excluding hydrogens is 236 g/mol. The van der Waals surface area contributed by atoms with E-state index < -0.39 is 5.76 Å². The smallest absolute Gasteiger partial charge is 0.408 e. The summed E-state index contributed by atoms with van der Waals surface area (Å²) in [7, 11) is 1.64. The van der Waals surface area contributed by atoms with Crippen molar-refractivity contribution in [2.45, 2.75) is 13.0 Å². The maximum Gasteiger partial charge on any atom is 0.419 e. The third-order valence-corrected chi connectivity index (χ3v) is 2.69. The number of nitrogens with zero attached hydrogens (tertiary/aromatic N) is 1. The van der Waals surface area contributed by atoms with Crippen molar-refractivity contribution in [1.82, 2.24) is 9.88 Å². The molecule has 0 aliphatic heterocycles. The molecule has 0 bridgehead atoms. The highest BCUT2D eigenvalue weighted by molar-refractivity contribution is 5.76. The second kappa shape index (κ2) is 5.05. The van der Waals surface area contributed by atoms with Crippen molar-refractivity contribution in [2.24, 2.45) is 7.05 Å². The molecule has 2 aromatic rings. The molecule has 0 aliphatic carbocycles. The molecular formula is C12H14N2O4. The molecule has 6 heteroatoms. The van der Waals surface area contributed by atoms with Crippen LogP contribution in [0.1, 0.15) is 12.0 Å². The molecule has 96 valence electrons. The lowest BCUT2D eigenvalue weighted by molar-refractivity contribution is -0.121. The molecule has 1 aromatic carbocycles. The Labute approximate surface area is 103 Å². The van der Waals surface area contributed by atoms with Crippen molar-refractivity contribution in [3.8, 4) is 0 Å². The average molecular weight is 250 g/mol. The lowest BCUT2D eigenvalue weighted by Gasteiger charge is -2.04. The van der Waals surface area contributed by atoms with E-state index in [4.69, 9.17) is 9.52 Å². The zero-order valence-corrected chi connectivity index (χ0v) is 9.97. The number of hydrogen-bond acceptors (Lipinski definition) is 4. The summed E-state index contributed by atoms with van der Waals surface area (Å²) in [5.74, 6) is -0.626. The molecule has 0 spiro atoms. The zero-order valence-electron chi connectivity index (χ0n) is 9.97. The van der Waals surface area contributed by atoms with E-state index in [1.807, 2.05) is 6.07 Å². The first kappa shape index (κ1) is 12.4. The second-order valence-corrected chi connectivity index (χ2v) is 3.98. The Morgan fingerprint density at radius 1 is 1.50 bits per heavy atom. The Kier molecular flexibility index (Phi) is 3.47. The average Bonchev–Trinajstić information content (AvgIpc) is 2.63. The number of fused-ring (bicyclic) bond motifs is 1. The van der Waals surface area contributed by atoms with Crippen molar-refractivity contribution in [3.63, 3.8) is 0 Å². The van der Waals surface area contributed by atoms with Gasteiger partial charge >= 0.3 is 5.76 Å². The molecule has 1 aromatic heterocycles. The highest BCUT2D eigenvalue weighted by Crippen LogP contribution is 2.14. The van der Waals surface area contributed by atoms with E-state index in [1.165, 1.54) is 4.57 Å². The van der Waals surface area contributed by atoms with Crippen molar-refractivity contribution >= 4 is 17.0 Å². The van der Waals surface area contributed by atoms with Crippen LogP contribution in [0.5, 0.6) is 0 Å². The monoisotopic (exact) mass is 250 g/mol. The maximum atomic E-state index is 11.3. The van der Waals surface area contributed by atoms with Gasteiger partial charge in [-0.05, 0) is 17.7 Å². The topological polar surface area (TPSA) is 84.5 Å². The lowest BCUT2D eigenvalue weighted by atomic mass is 10.2. The Bertz CT molecular complexity index is 627. The van der Waals surface area contributed by atoms with E-state index in [1.54, 1.807) is 19.2 Å². The predicted octanol–water partition coefficient (Wildman–Crippen LogP) is 0.130. The summed E-state index contributed by atoms with van der Waals surface area (Å²) in [4.78, 5) is 22.5. The molecule has 0 unspecified atom stereocenters. The SMILES string of the molecule is Cn1c(=O)oc2cc(CNC(=O)CCO)ccc21. The largest absolute Gasteiger partial charge is 0.419 e. The van der Waals surface area contributed by atoms with Gasteiger partial charge in [0.1, 0.15) is 0 Å². The Hall–Kier alpha value is -2.08. The molecule has 2 rings (SSSR count). The number of hydrogen-bond donors (Lipinski definition) is 2. The van der Waals surface area contributed by atoms with E-state index >= 15 is 0 Å². The number of aromatic nitrogens is 1. The van der Waals surface area contributed by atoms with Gasteiger partial charge in [-0.25, -0.2) is 4.79 Å². The van der Waals surface area contributed by atoms with E-state index in [-0.39, 0.29) is 18.9 Å². The van der Waals surface area contributed by atoms with Crippen LogP contribution in [0.2, 0.25) is 0 Å². The molecule has 0 radical (unpaired) electrons. The number of aryl methyl sites for hydroxylation is 1. The van der Waals surface area contributed by atoms with Crippen LogP contribution in [0, 0.1) is 0 Å². The molecule has 1 heterocycles. The summed E-state index contributed by atoms with van der Waals surface area (Å²) in [6, 6.07) is 5.31. The minimum atomic E-state index is -0.411. The van der Waals surface area contributed by atoms with Crippen LogP contribution in [0.4, 0.5) is 0 Å². The van der Waals surface area contributed by atoms with E-state index in [2.05, 4.69) is 5.32 Å². The molecule has 18 heavy (non-hydrogen) atoms. The van der Waals surface area contributed by atoms with Gasteiger partial charge in [0.15, 0.2) is 5.58 Å². The minimum Gasteiger partial charge on any atom is -0.408 e. The van der Waals surface area contributed by atoms with E-state index in [0.29, 0.717) is 17.6 Å². The zero-order chi connectivity index (χ0) is 13.1. The lowest BCUT2D eigenvalue weighted by Crippen LogP contribution is -2.23. The number of benzene rings is 1. The standard InChI is InChI=1S/C12H14N2O4/c1-14-9-3-2-8(6-10(9)18-12(14)17)7-13-11(16)4-5-15/h2-3,6,15H,4-5,7H2,1H3,(H,13,16). The van der Waals surface area contributed by atoms with E-state index in [9.17, 15) is 9.59 Å². The third kappa shape index (κ3) is 2.43. The van der Waals surface area contributed by atoms with Gasteiger partial charge in [0, 0.05) is 20.0 Å². The second-order valence-electron chi connectivity index (χ2n) is 3.98. The fraction of sp³-hybridized carbons (Fsp3) is 0.333. The number of rotatable bonds is 4. The minimum absolute atomic E-state index is 0.0860. The van der Waals surface area contributed by atoms with Crippen LogP contribution in [0.15, 0.2) is 27.4 Å². The quantitative estimate of drug-likeness (QED) is 0.807. The maximum absolute atomic E-state index is 11.3. The fourth-order valence-electron chi connectivity index (χ4n) is 1.68. The molecule has 2 N–H and O–H groups in total. The Morgan fingerprint density at radius 3 is 3.00 bits per heavy atom. The van der Waals surface area contributed by atoms with Crippen molar-refractivity contribution in [1.29, 1.82) is 0 Å². The summed E-state index contributed by atoms with van der Waals surface area (Å²) >= 11 is 0. The summed E-state index contributed by atoms with van der Waals surface area (Å²) in [5.41, 5.74) is 2.05. The van der Waals surface area contributed by atoms with Gasteiger partial charge in [-0.1, -0.05) is 6.07 Å². The summed E-state index contributed by atoms with van der Waals surface area (Å²) < 4.78 is 6.47. The van der Waals surface area contributed by atoms with Crippen LogP contribution in [-0.4, -0.2) is 22.2 Å². The van der Waals surface area contributed by atoms with E-state index in [0.717, 1.165) is 5.56 Å². The fourth-order valence-corrected chi connectivity index (χ4v) is 1.68. The van der Waals surface area contributed by atoms with Gasteiger partial charge in [0.05, 0.1) is 12.1 Å². The molecule has 0 atom stereocenters. The number of carbonyl (C=O) groups excluding carboxylic acids is 1. The van der Waals surface area contributed by atoms with Crippen molar-refractivity contribution in [3.05, 3.63) is 34.3 Å². The van der Waals surface area contributed by atoms with Gasteiger partial charge in [0.2, 0.25) is 5.91 Å². The van der Waals surface area contributed by atoms with Gasteiger partial charge in [-0.2, -0.15) is 0 Å². The van der Waals surface area contributed by atoms with Gasteiger partial charge in [-0.3, -0.25) is 9.36 Å². The highest BCUT2D eigenvalue weighted by atomic mass is 16.4. The normalized spacial score (nSPS) is 10.8. The van der Waals surface area contributed by atoms with Gasteiger partial charge < -0.3 is 14.8 Å². The molecule has 0 aliphatic rings. The van der Waals surface area contributed by atoms with Crippen molar-refractivity contribution < 1.29 is 14.3 Å². The summed E-state index contributed by atoms with van der Waals surface area (Å²) in [5, 5.41) is 11.3.